The van der Waals surface area contributed by atoms with Gasteiger partial charge in [0, 0.05) is 25.2 Å². The molecule has 1 fully saturated rings. The Labute approximate surface area is 147 Å². The van der Waals surface area contributed by atoms with E-state index in [1.165, 1.54) is 0 Å². The Kier molecular flexibility index (Phi) is 5.48. The Morgan fingerprint density at radius 2 is 1.76 bits per heavy atom. The fraction of sp³-hybridized carbons (Fsp3) is 0.350. The van der Waals surface area contributed by atoms with Crippen LogP contribution < -0.4 is 5.32 Å². The number of piperidine rings is 1. The van der Waals surface area contributed by atoms with Gasteiger partial charge in [0.1, 0.15) is 5.60 Å². The summed E-state index contributed by atoms with van der Waals surface area (Å²) in [6.45, 7) is 1.38. The summed E-state index contributed by atoms with van der Waals surface area (Å²) in [6.07, 6.45) is -0.488. The molecule has 3 rings (SSSR count). The molecule has 0 unspecified atom stereocenters. The fourth-order valence-electron chi connectivity index (χ4n) is 3.19. The zero-order valence-corrected chi connectivity index (χ0v) is 14.1. The van der Waals surface area contributed by atoms with Gasteiger partial charge in [-0.25, -0.2) is 0 Å². The predicted octanol–water partition coefficient (Wildman–Crippen LogP) is 1.41. The van der Waals surface area contributed by atoms with Gasteiger partial charge in [0.2, 0.25) is 0 Å². The Balaban J connectivity index is 1.62. The second-order valence-electron chi connectivity index (χ2n) is 6.59. The summed E-state index contributed by atoms with van der Waals surface area (Å²) in [5.74, 6) is -0.117. The maximum atomic E-state index is 12.6. The van der Waals surface area contributed by atoms with E-state index in [-0.39, 0.29) is 19.0 Å². The average molecular weight is 340 g/mol. The maximum Gasteiger partial charge on any atom is 0.253 e. The third-order valence-electron chi connectivity index (χ3n) is 4.67. The Morgan fingerprint density at radius 3 is 2.44 bits per heavy atom. The molecule has 1 amide bonds. The Hall–Kier alpha value is -2.21. The molecular formula is C20H24N2O3. The zero-order chi connectivity index (χ0) is 17.7. The van der Waals surface area contributed by atoms with E-state index in [1.54, 1.807) is 17.0 Å². The molecule has 0 radical (unpaired) electrons. The minimum atomic E-state index is -1.35. The van der Waals surface area contributed by atoms with E-state index in [4.69, 9.17) is 0 Å². The molecule has 1 saturated heterocycles. The van der Waals surface area contributed by atoms with Crippen molar-refractivity contribution in [3.05, 3.63) is 71.8 Å². The van der Waals surface area contributed by atoms with E-state index >= 15 is 0 Å². The smallest absolute Gasteiger partial charge is 0.253 e. The highest BCUT2D eigenvalue weighted by Crippen LogP contribution is 2.23. The number of benzene rings is 2. The molecule has 5 heteroatoms. The summed E-state index contributed by atoms with van der Waals surface area (Å²) in [4.78, 5) is 14.2. The number of amides is 1. The molecule has 1 aliphatic heterocycles. The predicted molar refractivity (Wildman–Crippen MR) is 96.1 cm³/mol. The van der Waals surface area contributed by atoms with Gasteiger partial charge in [-0.3, -0.25) is 4.79 Å². The van der Waals surface area contributed by atoms with Crippen molar-refractivity contribution < 1.29 is 15.0 Å². The van der Waals surface area contributed by atoms with Crippen molar-refractivity contribution in [1.82, 2.24) is 10.2 Å². The quantitative estimate of drug-likeness (QED) is 0.770. The van der Waals surface area contributed by atoms with Crippen LogP contribution in [0.4, 0.5) is 0 Å². The zero-order valence-electron chi connectivity index (χ0n) is 14.1. The third kappa shape index (κ3) is 4.25. The first-order valence-corrected chi connectivity index (χ1v) is 8.58. The topological polar surface area (TPSA) is 72.8 Å². The molecule has 0 aliphatic carbocycles. The molecule has 1 heterocycles. The van der Waals surface area contributed by atoms with Crippen LogP contribution in [-0.2, 0) is 6.54 Å². The first-order valence-electron chi connectivity index (χ1n) is 8.58. The highest BCUT2D eigenvalue weighted by Gasteiger charge is 2.42. The van der Waals surface area contributed by atoms with Crippen LogP contribution in [0.3, 0.4) is 0 Å². The molecule has 0 aromatic heterocycles. The highest BCUT2D eigenvalue weighted by molar-refractivity contribution is 5.94. The summed E-state index contributed by atoms with van der Waals surface area (Å²) in [6, 6.07) is 18.9. The van der Waals surface area contributed by atoms with Crippen molar-refractivity contribution in [2.75, 3.05) is 19.6 Å². The number of carbonyl (C=O) groups excluding carboxylic acids is 1. The normalized spacial score (nSPS) is 23.4. The first kappa shape index (κ1) is 17.6. The molecule has 2 aromatic rings. The number of aliphatic hydroxyl groups excluding tert-OH is 1. The fourth-order valence-corrected chi connectivity index (χ4v) is 3.19. The number of hydrogen-bond donors (Lipinski definition) is 3. The number of hydrogen-bond acceptors (Lipinski definition) is 4. The number of rotatable bonds is 5. The summed E-state index contributed by atoms with van der Waals surface area (Å²) in [7, 11) is 0. The monoisotopic (exact) mass is 340 g/mol. The molecule has 0 saturated carbocycles. The number of nitrogens with one attached hydrogen (secondary N) is 1. The van der Waals surface area contributed by atoms with Gasteiger partial charge in [0.25, 0.3) is 5.91 Å². The molecule has 25 heavy (non-hydrogen) atoms. The number of aliphatic hydroxyl groups is 2. The molecular weight excluding hydrogens is 316 g/mol. The van der Waals surface area contributed by atoms with Crippen molar-refractivity contribution in [3.63, 3.8) is 0 Å². The molecule has 3 N–H and O–H groups in total. The van der Waals surface area contributed by atoms with Gasteiger partial charge in [-0.1, -0.05) is 48.5 Å². The highest BCUT2D eigenvalue weighted by atomic mass is 16.3. The van der Waals surface area contributed by atoms with Gasteiger partial charge in [0.05, 0.1) is 12.6 Å². The van der Waals surface area contributed by atoms with Crippen LogP contribution >= 0.6 is 0 Å². The van der Waals surface area contributed by atoms with Gasteiger partial charge in [-0.15, -0.1) is 0 Å². The molecule has 0 bridgehead atoms. The Morgan fingerprint density at radius 1 is 1.12 bits per heavy atom. The van der Waals surface area contributed by atoms with Crippen LogP contribution in [0, 0.1) is 0 Å². The first-order chi connectivity index (χ1) is 12.1. The second-order valence-corrected chi connectivity index (χ2v) is 6.59. The number of carbonyl (C=O) groups is 1. The standard InChI is InChI=1S/C20H24N2O3/c23-18-11-12-22(19(24)17-9-5-2-6-10-17)15-20(18,25)14-21-13-16-7-3-1-4-8-16/h1-10,18,21,23,25H,11-15H2/t18-,20+/m0/s1. The van der Waals surface area contributed by atoms with Gasteiger partial charge in [-0.2, -0.15) is 0 Å². The van der Waals surface area contributed by atoms with Crippen molar-refractivity contribution in [1.29, 1.82) is 0 Å². The SMILES string of the molecule is O=C(c1ccccc1)N1CC[C@H](O)[C@@](O)(CNCc2ccccc2)C1. The molecule has 2 atom stereocenters. The van der Waals surface area contributed by atoms with Gasteiger partial charge < -0.3 is 20.4 Å². The van der Waals surface area contributed by atoms with E-state index in [0.717, 1.165) is 5.56 Å². The third-order valence-corrected chi connectivity index (χ3v) is 4.67. The van der Waals surface area contributed by atoms with E-state index < -0.39 is 11.7 Å². The van der Waals surface area contributed by atoms with Crippen molar-refractivity contribution in [2.24, 2.45) is 0 Å². The second kappa shape index (κ2) is 7.78. The van der Waals surface area contributed by atoms with Crippen molar-refractivity contribution in [2.45, 2.75) is 24.7 Å². The average Bonchev–Trinajstić information content (AvgIpc) is 2.65. The van der Waals surface area contributed by atoms with Crippen LogP contribution in [0.15, 0.2) is 60.7 Å². The minimum Gasteiger partial charge on any atom is -0.390 e. The van der Waals surface area contributed by atoms with Gasteiger partial charge >= 0.3 is 0 Å². The Bertz CT molecular complexity index is 693. The summed E-state index contributed by atoms with van der Waals surface area (Å²) < 4.78 is 0. The van der Waals surface area contributed by atoms with E-state index in [2.05, 4.69) is 5.32 Å². The number of likely N-dealkylation sites (tertiary alicyclic amines) is 1. The maximum absolute atomic E-state index is 12.6. The van der Waals surface area contributed by atoms with E-state index in [9.17, 15) is 15.0 Å². The lowest BCUT2D eigenvalue weighted by Gasteiger charge is -2.42. The summed E-state index contributed by atoms with van der Waals surface area (Å²) in [5.41, 5.74) is 0.351. The van der Waals surface area contributed by atoms with Crippen LogP contribution in [0.5, 0.6) is 0 Å². The van der Waals surface area contributed by atoms with Crippen LogP contribution in [-0.4, -0.2) is 52.4 Å². The molecule has 132 valence electrons. The minimum absolute atomic E-state index is 0.115. The van der Waals surface area contributed by atoms with Crippen molar-refractivity contribution in [3.8, 4) is 0 Å². The largest absolute Gasteiger partial charge is 0.390 e. The van der Waals surface area contributed by atoms with Gasteiger partial charge in [-0.05, 0) is 24.1 Å². The van der Waals surface area contributed by atoms with Crippen LogP contribution in [0.2, 0.25) is 0 Å². The summed E-state index contributed by atoms with van der Waals surface area (Å²) in [5, 5.41) is 24.3. The number of nitrogens with zero attached hydrogens (tertiary/aromatic N) is 1. The molecule has 5 nitrogen and oxygen atoms in total. The molecule has 2 aromatic carbocycles. The van der Waals surface area contributed by atoms with Crippen LogP contribution in [0.25, 0.3) is 0 Å². The molecule has 1 aliphatic rings. The summed E-state index contributed by atoms with van der Waals surface area (Å²) >= 11 is 0. The van der Waals surface area contributed by atoms with E-state index in [0.29, 0.717) is 25.1 Å². The van der Waals surface area contributed by atoms with Crippen molar-refractivity contribution >= 4 is 5.91 Å². The number of β-amino-alcohol motifs (C(OH)–C–C–N with tert-alkyl or cyclic N) is 1. The van der Waals surface area contributed by atoms with E-state index in [1.807, 2.05) is 48.5 Å². The lowest BCUT2D eigenvalue weighted by Crippen LogP contribution is -2.62. The van der Waals surface area contributed by atoms with Gasteiger partial charge in [0.15, 0.2) is 0 Å². The lowest BCUT2D eigenvalue weighted by molar-refractivity contribution is -0.111. The lowest BCUT2D eigenvalue weighted by atomic mass is 9.89. The van der Waals surface area contributed by atoms with Crippen LogP contribution in [0.1, 0.15) is 22.3 Å². The molecule has 0 spiro atoms.